The van der Waals surface area contributed by atoms with Crippen LogP contribution in [0.5, 0.6) is 0 Å². The van der Waals surface area contributed by atoms with Gasteiger partial charge >= 0.3 is 0 Å². The molecule has 0 saturated carbocycles. The molecule has 2 aromatic rings. The zero-order valence-corrected chi connectivity index (χ0v) is 9.31. The highest BCUT2D eigenvalue weighted by Gasteiger charge is 2.05. The van der Waals surface area contributed by atoms with E-state index in [0.717, 1.165) is 27.2 Å². The van der Waals surface area contributed by atoms with Gasteiger partial charge in [-0.1, -0.05) is 11.6 Å². The molecule has 0 atom stereocenters. The lowest BCUT2D eigenvalue weighted by atomic mass is 10.0. The Morgan fingerprint density at radius 1 is 1.14 bits per heavy atom. The average molecular weight is 206 g/mol. The summed E-state index contributed by atoms with van der Waals surface area (Å²) in [6.07, 6.45) is 1.90. The van der Waals surface area contributed by atoms with Gasteiger partial charge in [0.05, 0.1) is 0 Å². The molecule has 0 aliphatic heterocycles. The van der Waals surface area contributed by atoms with Crippen molar-refractivity contribution < 1.29 is 0 Å². The van der Waals surface area contributed by atoms with Gasteiger partial charge in [0, 0.05) is 22.3 Å². The van der Waals surface area contributed by atoms with Crippen molar-refractivity contribution in [2.24, 2.45) is 0 Å². The molecule has 2 heteroatoms. The van der Waals surface area contributed by atoms with E-state index in [1.165, 1.54) is 5.39 Å². The zero-order valence-electron chi connectivity index (χ0n) is 8.56. The summed E-state index contributed by atoms with van der Waals surface area (Å²) in [5.74, 6) is 0. The summed E-state index contributed by atoms with van der Waals surface area (Å²) in [6.45, 7) is 6.07. The third kappa shape index (κ3) is 1.38. The van der Waals surface area contributed by atoms with Gasteiger partial charge in [-0.2, -0.15) is 0 Å². The third-order valence-corrected chi connectivity index (χ3v) is 3.10. The van der Waals surface area contributed by atoms with E-state index in [1.807, 2.05) is 20.0 Å². The minimum absolute atomic E-state index is 0.864. The number of hydrogen-bond donors (Lipinski definition) is 0. The summed E-state index contributed by atoms with van der Waals surface area (Å²) < 4.78 is 0. The Balaban J connectivity index is 2.92. The van der Waals surface area contributed by atoms with Crippen LogP contribution in [-0.2, 0) is 0 Å². The van der Waals surface area contributed by atoms with Crippen LogP contribution in [0.4, 0.5) is 0 Å². The van der Waals surface area contributed by atoms with Gasteiger partial charge < -0.3 is 0 Å². The molecule has 1 aromatic heterocycles. The summed E-state index contributed by atoms with van der Waals surface area (Å²) in [5.41, 5.74) is 3.29. The molecular formula is C12H12ClN. The highest BCUT2D eigenvalue weighted by Crippen LogP contribution is 2.28. The van der Waals surface area contributed by atoms with Crippen molar-refractivity contribution in [3.05, 3.63) is 40.2 Å². The summed E-state index contributed by atoms with van der Waals surface area (Å²) in [4.78, 5) is 4.28. The molecule has 0 amide bonds. The number of halogens is 1. The van der Waals surface area contributed by atoms with Crippen LogP contribution in [0.25, 0.3) is 10.8 Å². The number of nitrogens with zero attached hydrogens (tertiary/aromatic N) is 1. The quantitative estimate of drug-likeness (QED) is 0.637. The SMILES string of the molecule is Cc1cc2c(C)c(Cl)c(C)cc2cn1. The van der Waals surface area contributed by atoms with Crippen LogP contribution in [0.2, 0.25) is 5.02 Å². The lowest BCUT2D eigenvalue weighted by molar-refractivity contribution is 1.22. The first-order chi connectivity index (χ1) is 6.59. The standard InChI is InChI=1S/C12H12ClN/c1-7-4-10-6-14-8(2)5-11(10)9(3)12(7)13/h4-6H,1-3H3. The second-order valence-electron chi connectivity index (χ2n) is 3.68. The predicted octanol–water partition coefficient (Wildman–Crippen LogP) is 3.81. The second kappa shape index (κ2) is 3.25. The van der Waals surface area contributed by atoms with Crippen LogP contribution >= 0.6 is 11.6 Å². The molecule has 0 fully saturated rings. The van der Waals surface area contributed by atoms with Crippen molar-refractivity contribution in [2.45, 2.75) is 20.8 Å². The Bertz CT molecular complexity index is 503. The van der Waals surface area contributed by atoms with E-state index < -0.39 is 0 Å². The van der Waals surface area contributed by atoms with E-state index in [4.69, 9.17) is 11.6 Å². The summed E-state index contributed by atoms with van der Waals surface area (Å²) in [5, 5.41) is 3.23. The maximum Gasteiger partial charge on any atom is 0.0470 e. The van der Waals surface area contributed by atoms with Crippen LogP contribution in [0.15, 0.2) is 18.3 Å². The van der Waals surface area contributed by atoms with Crippen molar-refractivity contribution in [1.82, 2.24) is 4.98 Å². The van der Waals surface area contributed by atoms with Crippen LogP contribution in [0.1, 0.15) is 16.8 Å². The lowest BCUT2D eigenvalue weighted by Crippen LogP contribution is -1.88. The molecule has 0 N–H and O–H groups in total. The van der Waals surface area contributed by atoms with Gasteiger partial charge in [0.2, 0.25) is 0 Å². The van der Waals surface area contributed by atoms with Crippen LogP contribution in [0, 0.1) is 20.8 Å². The number of pyridine rings is 1. The van der Waals surface area contributed by atoms with Gasteiger partial charge in [-0.05, 0) is 49.4 Å². The summed E-state index contributed by atoms with van der Waals surface area (Å²) in [7, 11) is 0. The minimum atomic E-state index is 0.864. The molecule has 72 valence electrons. The topological polar surface area (TPSA) is 12.9 Å². The molecule has 1 aromatic carbocycles. The summed E-state index contributed by atoms with van der Waals surface area (Å²) >= 11 is 6.19. The first-order valence-electron chi connectivity index (χ1n) is 4.61. The molecule has 1 nitrogen and oxygen atoms in total. The van der Waals surface area contributed by atoms with E-state index >= 15 is 0 Å². The summed E-state index contributed by atoms with van der Waals surface area (Å²) in [6, 6.07) is 4.16. The highest BCUT2D eigenvalue weighted by atomic mass is 35.5. The molecule has 14 heavy (non-hydrogen) atoms. The normalized spacial score (nSPS) is 10.9. The van der Waals surface area contributed by atoms with Gasteiger partial charge in [0.1, 0.15) is 0 Å². The zero-order chi connectivity index (χ0) is 10.3. The number of aromatic nitrogens is 1. The van der Waals surface area contributed by atoms with Crippen molar-refractivity contribution in [3.63, 3.8) is 0 Å². The minimum Gasteiger partial charge on any atom is -0.261 e. The highest BCUT2D eigenvalue weighted by molar-refractivity contribution is 6.33. The van der Waals surface area contributed by atoms with Gasteiger partial charge in [-0.25, -0.2) is 0 Å². The smallest absolute Gasteiger partial charge is 0.0470 e. The monoisotopic (exact) mass is 205 g/mol. The number of aryl methyl sites for hydroxylation is 3. The Labute approximate surface area is 88.7 Å². The Morgan fingerprint density at radius 2 is 1.86 bits per heavy atom. The number of rotatable bonds is 0. The number of fused-ring (bicyclic) bond motifs is 1. The fourth-order valence-corrected chi connectivity index (χ4v) is 1.88. The molecule has 0 radical (unpaired) electrons. The maximum absolute atomic E-state index is 6.19. The Hall–Kier alpha value is -1.08. The van der Waals surface area contributed by atoms with E-state index in [-0.39, 0.29) is 0 Å². The van der Waals surface area contributed by atoms with Crippen LogP contribution in [0.3, 0.4) is 0 Å². The van der Waals surface area contributed by atoms with Crippen LogP contribution in [-0.4, -0.2) is 4.98 Å². The van der Waals surface area contributed by atoms with E-state index in [0.29, 0.717) is 0 Å². The molecule has 1 heterocycles. The number of hydrogen-bond acceptors (Lipinski definition) is 1. The Kier molecular flexibility index (Phi) is 2.20. The molecular weight excluding hydrogens is 194 g/mol. The van der Waals surface area contributed by atoms with Gasteiger partial charge in [-0.15, -0.1) is 0 Å². The fourth-order valence-electron chi connectivity index (χ4n) is 1.72. The second-order valence-corrected chi connectivity index (χ2v) is 4.06. The van der Waals surface area contributed by atoms with Gasteiger partial charge in [0.25, 0.3) is 0 Å². The average Bonchev–Trinajstić information content (AvgIpc) is 2.16. The van der Waals surface area contributed by atoms with Crippen LogP contribution < -0.4 is 0 Å². The lowest BCUT2D eigenvalue weighted by Gasteiger charge is -2.07. The van der Waals surface area contributed by atoms with E-state index in [9.17, 15) is 0 Å². The number of benzene rings is 1. The maximum atomic E-state index is 6.19. The van der Waals surface area contributed by atoms with Crippen molar-refractivity contribution in [1.29, 1.82) is 0 Å². The van der Waals surface area contributed by atoms with Crippen molar-refractivity contribution in [3.8, 4) is 0 Å². The molecule has 0 saturated heterocycles. The molecule has 0 aliphatic rings. The first kappa shape index (κ1) is 9.47. The molecule has 0 spiro atoms. The molecule has 0 aliphatic carbocycles. The fraction of sp³-hybridized carbons (Fsp3) is 0.250. The third-order valence-electron chi connectivity index (χ3n) is 2.52. The molecule has 0 bridgehead atoms. The molecule has 0 unspecified atom stereocenters. The Morgan fingerprint density at radius 3 is 2.57 bits per heavy atom. The van der Waals surface area contributed by atoms with Gasteiger partial charge in [0.15, 0.2) is 0 Å². The van der Waals surface area contributed by atoms with Crippen molar-refractivity contribution >= 4 is 22.4 Å². The van der Waals surface area contributed by atoms with Gasteiger partial charge in [-0.3, -0.25) is 4.98 Å². The van der Waals surface area contributed by atoms with E-state index in [1.54, 1.807) is 0 Å². The molecule has 2 rings (SSSR count). The largest absolute Gasteiger partial charge is 0.261 e. The first-order valence-corrected chi connectivity index (χ1v) is 4.99. The predicted molar refractivity (Wildman–Crippen MR) is 61.0 cm³/mol. The van der Waals surface area contributed by atoms with Crippen molar-refractivity contribution in [2.75, 3.05) is 0 Å². The van der Waals surface area contributed by atoms with E-state index in [2.05, 4.69) is 24.0 Å².